The van der Waals surface area contributed by atoms with E-state index >= 15 is 0 Å². The molecule has 1 N–H and O–H groups in total. The second-order valence-corrected chi connectivity index (χ2v) is 6.30. The van der Waals surface area contributed by atoms with Crippen molar-refractivity contribution in [1.82, 2.24) is 19.5 Å². The molecule has 3 aromatic rings. The lowest BCUT2D eigenvalue weighted by Crippen LogP contribution is -2.14. The molecule has 5 nitrogen and oxygen atoms in total. The molecule has 2 aromatic heterocycles. The number of aryl methyl sites for hydroxylation is 1. The number of aromatic nitrogens is 4. The summed E-state index contributed by atoms with van der Waals surface area (Å²) in [4.78, 5) is 23.6. The third-order valence-corrected chi connectivity index (χ3v) is 4.50. The summed E-state index contributed by atoms with van der Waals surface area (Å²) in [5.74, 6) is 0.887. The van der Waals surface area contributed by atoms with Crippen LogP contribution in [0.25, 0.3) is 11.3 Å². The molecule has 0 bridgehead atoms. The van der Waals surface area contributed by atoms with E-state index in [9.17, 15) is 4.79 Å². The van der Waals surface area contributed by atoms with Gasteiger partial charge < -0.3 is 9.55 Å². The van der Waals surface area contributed by atoms with E-state index in [0.717, 1.165) is 30.0 Å². The minimum absolute atomic E-state index is 0.0732. The first kappa shape index (κ1) is 15.6. The number of imidazole rings is 1. The van der Waals surface area contributed by atoms with Crippen molar-refractivity contribution in [3.8, 4) is 11.3 Å². The molecule has 2 heterocycles. The van der Waals surface area contributed by atoms with Gasteiger partial charge in [0.15, 0.2) is 5.16 Å². The Balaban J connectivity index is 1.70. The number of nitrogens with one attached hydrogen (secondary N) is 1. The maximum atomic E-state index is 12.1. The molecule has 0 saturated heterocycles. The highest BCUT2D eigenvalue weighted by atomic mass is 32.2. The van der Waals surface area contributed by atoms with Gasteiger partial charge in [0, 0.05) is 35.8 Å². The van der Waals surface area contributed by atoms with Gasteiger partial charge >= 0.3 is 0 Å². The first-order valence-electron chi connectivity index (χ1n) is 7.49. The molecule has 0 unspecified atom stereocenters. The molecule has 0 fully saturated rings. The average Bonchev–Trinajstić information content (AvgIpc) is 3.09. The zero-order valence-electron chi connectivity index (χ0n) is 12.9. The van der Waals surface area contributed by atoms with Crippen LogP contribution in [0.3, 0.4) is 0 Å². The Bertz CT molecular complexity index is 812. The second kappa shape index (κ2) is 7.28. The predicted molar refractivity (Wildman–Crippen MR) is 92.6 cm³/mol. The van der Waals surface area contributed by atoms with E-state index in [4.69, 9.17) is 0 Å². The number of benzene rings is 1. The number of aromatic amines is 1. The van der Waals surface area contributed by atoms with Crippen LogP contribution in [0.4, 0.5) is 0 Å². The van der Waals surface area contributed by atoms with E-state index in [-0.39, 0.29) is 5.56 Å². The molecular formula is C17H18N4OS. The number of nitrogens with zero attached hydrogens (tertiary/aromatic N) is 3. The fourth-order valence-corrected chi connectivity index (χ4v) is 3.08. The highest BCUT2D eigenvalue weighted by molar-refractivity contribution is 7.99. The van der Waals surface area contributed by atoms with Crippen molar-refractivity contribution in [2.45, 2.75) is 25.0 Å². The molecule has 3 rings (SSSR count). The zero-order chi connectivity index (χ0) is 16.1. The molecule has 0 saturated carbocycles. The van der Waals surface area contributed by atoms with Gasteiger partial charge in [-0.1, -0.05) is 42.1 Å². The standard InChI is InChI=1S/C17H18N4OS/c1-13-15(14-6-3-2-4-7-14)19-17(20-16(13)22)23-11-5-9-21-10-8-18-12-21/h2-4,6-8,10,12H,5,9,11H2,1H3,(H,19,20,22). The minimum Gasteiger partial charge on any atom is -0.337 e. The Kier molecular flexibility index (Phi) is 4.92. The summed E-state index contributed by atoms with van der Waals surface area (Å²) in [6, 6.07) is 9.81. The summed E-state index contributed by atoms with van der Waals surface area (Å²) in [7, 11) is 0. The lowest BCUT2D eigenvalue weighted by Gasteiger charge is -2.07. The molecule has 0 atom stereocenters. The van der Waals surface area contributed by atoms with Crippen LogP contribution in [0.15, 0.2) is 59.0 Å². The van der Waals surface area contributed by atoms with Crippen molar-refractivity contribution in [3.05, 3.63) is 65.0 Å². The number of H-pyrrole nitrogens is 1. The van der Waals surface area contributed by atoms with E-state index in [1.807, 2.05) is 54.3 Å². The van der Waals surface area contributed by atoms with E-state index in [1.54, 1.807) is 18.0 Å². The third-order valence-electron chi connectivity index (χ3n) is 3.54. The maximum Gasteiger partial charge on any atom is 0.255 e. The van der Waals surface area contributed by atoms with Crippen molar-refractivity contribution in [2.75, 3.05) is 5.75 Å². The molecular weight excluding hydrogens is 308 g/mol. The van der Waals surface area contributed by atoms with Crippen LogP contribution in [-0.4, -0.2) is 25.3 Å². The molecule has 0 amide bonds. The Labute approximate surface area is 138 Å². The number of rotatable bonds is 6. The summed E-state index contributed by atoms with van der Waals surface area (Å²) in [5.41, 5.74) is 2.30. The number of hydrogen-bond donors (Lipinski definition) is 1. The number of thioether (sulfide) groups is 1. The van der Waals surface area contributed by atoms with Crippen LogP contribution < -0.4 is 5.56 Å². The molecule has 0 aliphatic rings. The lowest BCUT2D eigenvalue weighted by molar-refractivity contribution is 0.683. The summed E-state index contributed by atoms with van der Waals surface area (Å²) in [6.45, 7) is 2.72. The topological polar surface area (TPSA) is 63.6 Å². The average molecular weight is 326 g/mol. The second-order valence-electron chi connectivity index (χ2n) is 5.21. The van der Waals surface area contributed by atoms with E-state index in [1.165, 1.54) is 0 Å². The maximum absolute atomic E-state index is 12.1. The number of hydrogen-bond acceptors (Lipinski definition) is 4. The normalized spacial score (nSPS) is 10.8. The van der Waals surface area contributed by atoms with E-state index in [0.29, 0.717) is 10.7 Å². The van der Waals surface area contributed by atoms with Crippen molar-refractivity contribution in [3.63, 3.8) is 0 Å². The van der Waals surface area contributed by atoms with Crippen LogP contribution in [-0.2, 0) is 6.54 Å². The fraction of sp³-hybridized carbons (Fsp3) is 0.235. The van der Waals surface area contributed by atoms with Crippen molar-refractivity contribution in [2.24, 2.45) is 0 Å². The highest BCUT2D eigenvalue weighted by Gasteiger charge is 2.09. The SMILES string of the molecule is Cc1c(-c2ccccc2)nc(SCCCn2ccnc2)[nH]c1=O. The Hall–Kier alpha value is -2.34. The monoisotopic (exact) mass is 326 g/mol. The zero-order valence-corrected chi connectivity index (χ0v) is 13.7. The quantitative estimate of drug-likeness (QED) is 0.429. The molecule has 0 aliphatic heterocycles. The largest absolute Gasteiger partial charge is 0.337 e. The smallest absolute Gasteiger partial charge is 0.255 e. The van der Waals surface area contributed by atoms with Crippen LogP contribution in [0.1, 0.15) is 12.0 Å². The summed E-state index contributed by atoms with van der Waals surface area (Å²) in [5, 5.41) is 0.671. The summed E-state index contributed by atoms with van der Waals surface area (Å²) < 4.78 is 2.04. The fourth-order valence-electron chi connectivity index (χ4n) is 2.29. The third kappa shape index (κ3) is 3.90. The van der Waals surface area contributed by atoms with Gasteiger partial charge in [-0.25, -0.2) is 9.97 Å². The van der Waals surface area contributed by atoms with Crippen LogP contribution >= 0.6 is 11.8 Å². The van der Waals surface area contributed by atoms with Gasteiger partial charge in [-0.15, -0.1) is 0 Å². The molecule has 1 aromatic carbocycles. The Morgan fingerprint density at radius 1 is 1.26 bits per heavy atom. The first-order chi connectivity index (χ1) is 11.2. The Morgan fingerprint density at radius 3 is 2.83 bits per heavy atom. The minimum atomic E-state index is -0.0732. The Morgan fingerprint density at radius 2 is 2.09 bits per heavy atom. The molecule has 0 aliphatic carbocycles. The molecule has 23 heavy (non-hydrogen) atoms. The molecule has 6 heteroatoms. The van der Waals surface area contributed by atoms with Gasteiger partial charge in [-0.3, -0.25) is 4.79 Å². The first-order valence-corrected chi connectivity index (χ1v) is 8.47. The van der Waals surface area contributed by atoms with E-state index in [2.05, 4.69) is 15.0 Å². The van der Waals surface area contributed by atoms with Crippen LogP contribution in [0.5, 0.6) is 0 Å². The van der Waals surface area contributed by atoms with Crippen molar-refractivity contribution < 1.29 is 0 Å². The van der Waals surface area contributed by atoms with Gasteiger partial charge in [0.1, 0.15) is 0 Å². The van der Waals surface area contributed by atoms with Gasteiger partial charge in [0.05, 0.1) is 12.0 Å². The molecule has 0 spiro atoms. The molecule has 0 radical (unpaired) electrons. The summed E-state index contributed by atoms with van der Waals surface area (Å²) in [6.07, 6.45) is 6.52. The van der Waals surface area contributed by atoms with Gasteiger partial charge in [-0.05, 0) is 13.3 Å². The highest BCUT2D eigenvalue weighted by Crippen LogP contribution is 2.21. The van der Waals surface area contributed by atoms with Crippen LogP contribution in [0.2, 0.25) is 0 Å². The van der Waals surface area contributed by atoms with E-state index < -0.39 is 0 Å². The predicted octanol–water partition coefficient (Wildman–Crippen LogP) is 3.12. The van der Waals surface area contributed by atoms with Gasteiger partial charge in [0.25, 0.3) is 5.56 Å². The van der Waals surface area contributed by atoms with Crippen molar-refractivity contribution in [1.29, 1.82) is 0 Å². The van der Waals surface area contributed by atoms with Gasteiger partial charge in [-0.2, -0.15) is 0 Å². The van der Waals surface area contributed by atoms with Crippen LogP contribution in [0, 0.1) is 6.92 Å². The summed E-state index contributed by atoms with van der Waals surface area (Å²) >= 11 is 1.57. The van der Waals surface area contributed by atoms with Crippen molar-refractivity contribution >= 4 is 11.8 Å². The lowest BCUT2D eigenvalue weighted by atomic mass is 10.1. The van der Waals surface area contributed by atoms with Gasteiger partial charge in [0.2, 0.25) is 0 Å². The molecule has 118 valence electrons.